The Balaban J connectivity index is 2.59. The minimum Gasteiger partial charge on any atom is -0.383 e. The fourth-order valence-electron chi connectivity index (χ4n) is 2.43. The molecule has 10 nitrogen and oxygen atoms in total. The lowest BCUT2D eigenvalue weighted by Gasteiger charge is -2.10. The van der Waals surface area contributed by atoms with Gasteiger partial charge in [0.2, 0.25) is 5.95 Å². The number of hydrogen-bond donors (Lipinski definition) is 3. The molecule has 118 valence electrons. The molecule has 24 heavy (non-hydrogen) atoms. The average Bonchev–Trinajstić information content (AvgIpc) is 2.53. The Morgan fingerprint density at radius 1 is 1.25 bits per heavy atom. The number of rotatable bonds is 2. The number of H-pyrrole nitrogens is 1. The number of nitrogen functional groups attached to an aromatic ring is 2. The van der Waals surface area contributed by atoms with E-state index in [0.717, 1.165) is 0 Å². The summed E-state index contributed by atoms with van der Waals surface area (Å²) in [7, 11) is 0. The van der Waals surface area contributed by atoms with Gasteiger partial charge in [-0.15, -0.1) is 0 Å². The van der Waals surface area contributed by atoms with E-state index in [4.69, 9.17) is 11.5 Å². The molecule has 0 spiro atoms. The van der Waals surface area contributed by atoms with Crippen LogP contribution in [0.3, 0.4) is 0 Å². The Bertz CT molecular complexity index is 1100. The van der Waals surface area contributed by atoms with Crippen LogP contribution in [-0.2, 0) is 0 Å². The molecule has 0 atom stereocenters. The predicted molar refractivity (Wildman–Crippen MR) is 85.8 cm³/mol. The molecule has 2 aromatic heterocycles. The molecule has 2 heterocycles. The highest BCUT2D eigenvalue weighted by Gasteiger charge is 2.24. The summed E-state index contributed by atoms with van der Waals surface area (Å²) >= 11 is 0. The van der Waals surface area contributed by atoms with Crippen molar-refractivity contribution in [3.05, 3.63) is 50.3 Å². The van der Waals surface area contributed by atoms with Crippen LogP contribution in [0.5, 0.6) is 0 Å². The van der Waals surface area contributed by atoms with Gasteiger partial charge in [-0.2, -0.15) is 10.2 Å². The van der Waals surface area contributed by atoms with Gasteiger partial charge in [-0.1, -0.05) is 12.1 Å². The highest BCUT2D eigenvalue weighted by Crippen LogP contribution is 2.36. The van der Waals surface area contributed by atoms with Gasteiger partial charge in [-0.25, -0.2) is 4.98 Å². The van der Waals surface area contributed by atoms with Crippen molar-refractivity contribution in [2.75, 3.05) is 11.5 Å². The molecular formula is C14H9N7O3. The number of nitriles is 1. The Labute approximate surface area is 133 Å². The van der Waals surface area contributed by atoms with Crippen LogP contribution in [0.1, 0.15) is 5.56 Å². The number of nitrogens with zero attached hydrogens (tertiary/aromatic N) is 4. The summed E-state index contributed by atoms with van der Waals surface area (Å²) in [6, 6.07) is 7.54. The number of nitrogens with two attached hydrogens (primary N) is 2. The van der Waals surface area contributed by atoms with E-state index in [2.05, 4.69) is 15.0 Å². The SMILES string of the molecule is N#Cc1c(N)nc2nc(N)[nH]c(=O)c2c1-c1ccccc1[N+](=O)[O-]. The second kappa shape index (κ2) is 5.33. The van der Waals surface area contributed by atoms with Crippen molar-refractivity contribution >= 4 is 28.5 Å². The van der Waals surface area contributed by atoms with Gasteiger partial charge in [-0.3, -0.25) is 19.9 Å². The smallest absolute Gasteiger partial charge is 0.277 e. The van der Waals surface area contributed by atoms with E-state index in [0.29, 0.717) is 0 Å². The third-order valence-corrected chi connectivity index (χ3v) is 3.38. The monoisotopic (exact) mass is 323 g/mol. The minimum atomic E-state index is -0.672. The quantitative estimate of drug-likeness (QED) is 0.460. The lowest BCUT2D eigenvalue weighted by Crippen LogP contribution is -2.15. The summed E-state index contributed by atoms with van der Waals surface area (Å²) in [5.41, 5.74) is 10.1. The summed E-state index contributed by atoms with van der Waals surface area (Å²) in [5.74, 6) is -0.381. The van der Waals surface area contributed by atoms with Gasteiger partial charge in [0.25, 0.3) is 11.2 Å². The standard InChI is InChI=1S/C14H9N7O3/c15-5-7-9(6-3-1-2-4-8(6)21(23)24)10-12(18-11(7)16)19-14(17)20-13(10)22/h1-4H,(H5,16,17,18,19,20,22). The van der Waals surface area contributed by atoms with Crippen LogP contribution < -0.4 is 17.0 Å². The summed E-state index contributed by atoms with van der Waals surface area (Å²) in [4.78, 5) is 33.1. The number of nitro groups is 1. The summed E-state index contributed by atoms with van der Waals surface area (Å²) in [6.07, 6.45) is 0. The molecule has 0 radical (unpaired) electrons. The van der Waals surface area contributed by atoms with Gasteiger partial charge in [0.1, 0.15) is 17.5 Å². The fourth-order valence-corrected chi connectivity index (χ4v) is 2.43. The highest BCUT2D eigenvalue weighted by molar-refractivity contribution is 6.00. The molecular weight excluding hydrogens is 314 g/mol. The summed E-state index contributed by atoms with van der Waals surface area (Å²) < 4.78 is 0. The largest absolute Gasteiger partial charge is 0.383 e. The molecule has 3 rings (SSSR count). The van der Waals surface area contributed by atoms with Crippen LogP contribution >= 0.6 is 0 Å². The minimum absolute atomic E-state index is 0.000972. The first kappa shape index (κ1) is 14.9. The molecule has 0 aliphatic heterocycles. The van der Waals surface area contributed by atoms with Crippen LogP contribution in [0.2, 0.25) is 0 Å². The van der Waals surface area contributed by atoms with Crippen LogP contribution in [0.25, 0.3) is 22.2 Å². The van der Waals surface area contributed by atoms with Crippen molar-refractivity contribution < 1.29 is 4.92 Å². The maximum Gasteiger partial charge on any atom is 0.277 e. The molecule has 0 saturated carbocycles. The fraction of sp³-hybridized carbons (Fsp3) is 0. The number of pyridine rings is 1. The zero-order valence-electron chi connectivity index (χ0n) is 12.0. The molecule has 0 aliphatic carbocycles. The molecule has 0 fully saturated rings. The van der Waals surface area contributed by atoms with Crippen LogP contribution in [0.4, 0.5) is 17.5 Å². The van der Waals surface area contributed by atoms with Gasteiger partial charge >= 0.3 is 0 Å². The molecule has 0 saturated heterocycles. The molecule has 3 aromatic rings. The van der Waals surface area contributed by atoms with Crippen LogP contribution in [0.15, 0.2) is 29.1 Å². The zero-order chi connectivity index (χ0) is 17.4. The number of nitrogens with one attached hydrogen (secondary N) is 1. The number of nitro benzene ring substituents is 1. The van der Waals surface area contributed by atoms with Gasteiger partial charge < -0.3 is 11.5 Å². The van der Waals surface area contributed by atoms with E-state index in [1.165, 1.54) is 18.2 Å². The lowest BCUT2D eigenvalue weighted by atomic mass is 9.96. The number of fused-ring (bicyclic) bond motifs is 1. The van der Waals surface area contributed by atoms with Crippen molar-refractivity contribution in [1.82, 2.24) is 15.0 Å². The van der Waals surface area contributed by atoms with E-state index < -0.39 is 10.5 Å². The molecule has 5 N–H and O–H groups in total. The zero-order valence-corrected chi connectivity index (χ0v) is 12.0. The van der Waals surface area contributed by atoms with Gasteiger partial charge in [0.15, 0.2) is 5.65 Å². The van der Waals surface area contributed by atoms with Crippen molar-refractivity contribution in [3.63, 3.8) is 0 Å². The second-order valence-corrected chi connectivity index (χ2v) is 4.78. The Morgan fingerprint density at radius 2 is 1.96 bits per heavy atom. The van der Waals surface area contributed by atoms with Crippen LogP contribution in [-0.4, -0.2) is 19.9 Å². The van der Waals surface area contributed by atoms with Crippen molar-refractivity contribution in [2.24, 2.45) is 0 Å². The van der Waals surface area contributed by atoms with Gasteiger partial charge in [-0.05, 0) is 6.07 Å². The molecule has 10 heteroatoms. The number of aromatic amines is 1. The van der Waals surface area contributed by atoms with Crippen molar-refractivity contribution in [3.8, 4) is 17.2 Å². The first-order chi connectivity index (χ1) is 11.4. The van der Waals surface area contributed by atoms with Gasteiger partial charge in [0.05, 0.1) is 15.9 Å². The Morgan fingerprint density at radius 3 is 2.62 bits per heavy atom. The number of para-hydroxylation sites is 1. The van der Waals surface area contributed by atoms with E-state index in [1.807, 2.05) is 6.07 Å². The number of anilines is 2. The maximum absolute atomic E-state index is 12.3. The highest BCUT2D eigenvalue weighted by atomic mass is 16.6. The van der Waals surface area contributed by atoms with E-state index >= 15 is 0 Å². The van der Waals surface area contributed by atoms with Gasteiger partial charge in [0, 0.05) is 11.6 Å². The summed E-state index contributed by atoms with van der Waals surface area (Å²) in [5, 5.41) is 20.6. The number of benzene rings is 1. The predicted octanol–water partition coefficient (Wildman–Crippen LogP) is 0.929. The average molecular weight is 323 g/mol. The molecule has 0 unspecified atom stereocenters. The normalized spacial score (nSPS) is 10.5. The third-order valence-electron chi connectivity index (χ3n) is 3.38. The first-order valence-electron chi connectivity index (χ1n) is 6.57. The van der Waals surface area contributed by atoms with Crippen molar-refractivity contribution in [2.45, 2.75) is 0 Å². The third kappa shape index (κ3) is 2.17. The first-order valence-corrected chi connectivity index (χ1v) is 6.57. The Kier molecular flexibility index (Phi) is 3.31. The van der Waals surface area contributed by atoms with E-state index in [1.54, 1.807) is 6.07 Å². The number of aromatic nitrogens is 3. The molecule has 0 amide bonds. The second-order valence-electron chi connectivity index (χ2n) is 4.78. The molecule has 0 bridgehead atoms. The van der Waals surface area contributed by atoms with Crippen molar-refractivity contribution in [1.29, 1.82) is 5.26 Å². The maximum atomic E-state index is 12.3. The topological polar surface area (TPSA) is 178 Å². The number of hydrogen-bond acceptors (Lipinski definition) is 8. The lowest BCUT2D eigenvalue weighted by molar-refractivity contribution is -0.384. The van der Waals surface area contributed by atoms with E-state index in [-0.39, 0.29) is 45.2 Å². The Hall–Kier alpha value is -4.00. The summed E-state index contributed by atoms with van der Waals surface area (Å²) in [6.45, 7) is 0. The molecule has 1 aromatic carbocycles. The van der Waals surface area contributed by atoms with E-state index in [9.17, 15) is 20.2 Å². The molecule has 0 aliphatic rings. The van der Waals surface area contributed by atoms with Crippen LogP contribution in [0, 0.1) is 21.4 Å².